The van der Waals surface area contributed by atoms with Gasteiger partial charge in [-0.3, -0.25) is 9.69 Å². The fourth-order valence-electron chi connectivity index (χ4n) is 3.62. The summed E-state index contributed by atoms with van der Waals surface area (Å²) in [6.07, 6.45) is 6.40. The van der Waals surface area contributed by atoms with E-state index in [1.165, 1.54) is 31.2 Å². The van der Waals surface area contributed by atoms with Crippen molar-refractivity contribution in [2.75, 3.05) is 26.2 Å². The Balaban J connectivity index is 1.62. The van der Waals surface area contributed by atoms with Gasteiger partial charge in [0.05, 0.1) is 6.10 Å². The molecule has 0 aromatic heterocycles. The van der Waals surface area contributed by atoms with Crippen LogP contribution in [-0.4, -0.2) is 48.0 Å². The molecule has 0 unspecified atom stereocenters. The molecule has 1 heterocycles. The molecule has 1 aromatic rings. The number of hydrogen-bond acceptors (Lipinski definition) is 3. The molecule has 1 aliphatic carbocycles. The molecule has 0 radical (unpaired) electrons. The summed E-state index contributed by atoms with van der Waals surface area (Å²) in [5.41, 5.74) is 1.27. The van der Waals surface area contributed by atoms with Gasteiger partial charge in [-0.15, -0.1) is 0 Å². The van der Waals surface area contributed by atoms with Gasteiger partial charge in [0.15, 0.2) is 0 Å². The van der Waals surface area contributed by atoms with Crippen molar-refractivity contribution in [3.63, 3.8) is 0 Å². The van der Waals surface area contributed by atoms with E-state index in [-0.39, 0.29) is 5.91 Å². The highest BCUT2D eigenvalue weighted by atomic mass is 16.5. The van der Waals surface area contributed by atoms with Crippen LogP contribution in [0.25, 0.3) is 0 Å². The van der Waals surface area contributed by atoms with E-state index in [2.05, 4.69) is 29.2 Å². The fraction of sp³-hybridized carbons (Fsp3) is 0.632. The minimum absolute atomic E-state index is 0.191. The summed E-state index contributed by atoms with van der Waals surface area (Å²) in [4.78, 5) is 16.0. The van der Waals surface area contributed by atoms with Crippen LogP contribution in [0, 0.1) is 0 Å². The van der Waals surface area contributed by atoms with Crippen molar-refractivity contribution in [1.82, 2.24) is 9.80 Å². The molecule has 2 aliphatic rings. The third-order valence-electron chi connectivity index (χ3n) is 5.00. The number of ether oxygens (including phenoxy) is 1. The number of hydrogen-bond donors (Lipinski definition) is 0. The molecule has 126 valence electrons. The quantitative estimate of drug-likeness (QED) is 0.856. The van der Waals surface area contributed by atoms with Crippen molar-refractivity contribution < 1.29 is 9.53 Å². The van der Waals surface area contributed by atoms with Crippen molar-refractivity contribution in [3.05, 3.63) is 29.8 Å². The first-order chi connectivity index (χ1) is 11.2. The number of carbonyl (C=O) groups is 1. The molecule has 1 aliphatic heterocycles. The predicted octanol–water partition coefficient (Wildman–Crippen LogP) is 3.06. The van der Waals surface area contributed by atoms with Crippen LogP contribution < -0.4 is 4.74 Å². The monoisotopic (exact) mass is 316 g/mol. The van der Waals surface area contributed by atoms with E-state index in [0.717, 1.165) is 44.9 Å². The average molecular weight is 316 g/mol. The van der Waals surface area contributed by atoms with Gasteiger partial charge >= 0.3 is 0 Å². The largest absolute Gasteiger partial charge is 0.490 e. The highest BCUT2D eigenvalue weighted by molar-refractivity contribution is 5.73. The minimum atomic E-state index is 0.191. The predicted molar refractivity (Wildman–Crippen MR) is 91.5 cm³/mol. The van der Waals surface area contributed by atoms with Crippen LogP contribution in [0.4, 0.5) is 0 Å². The number of rotatable bonds is 4. The first-order valence-electron chi connectivity index (χ1n) is 8.95. The van der Waals surface area contributed by atoms with Crippen molar-refractivity contribution in [1.29, 1.82) is 0 Å². The lowest BCUT2D eigenvalue weighted by Gasteiger charge is -2.23. The Labute approximate surface area is 139 Å². The molecule has 4 heteroatoms. The van der Waals surface area contributed by atoms with E-state index in [9.17, 15) is 4.79 Å². The Morgan fingerprint density at radius 1 is 1.09 bits per heavy atom. The lowest BCUT2D eigenvalue weighted by Crippen LogP contribution is -2.33. The van der Waals surface area contributed by atoms with Crippen LogP contribution in [0.3, 0.4) is 0 Å². The molecule has 0 atom stereocenters. The molecular formula is C19H28N2O2. The third-order valence-corrected chi connectivity index (χ3v) is 5.00. The van der Waals surface area contributed by atoms with Gasteiger partial charge < -0.3 is 9.64 Å². The van der Waals surface area contributed by atoms with Crippen LogP contribution in [0.2, 0.25) is 0 Å². The molecule has 1 amide bonds. The average Bonchev–Trinajstić information content (AvgIpc) is 2.93. The normalized spacial score (nSPS) is 20.5. The van der Waals surface area contributed by atoms with E-state index in [4.69, 9.17) is 4.74 Å². The lowest BCUT2D eigenvalue weighted by molar-refractivity contribution is -0.128. The highest BCUT2D eigenvalue weighted by Gasteiger charge is 2.20. The van der Waals surface area contributed by atoms with E-state index in [1.54, 1.807) is 6.92 Å². The second-order valence-corrected chi connectivity index (χ2v) is 6.77. The van der Waals surface area contributed by atoms with Crippen molar-refractivity contribution in [2.45, 2.75) is 51.7 Å². The zero-order chi connectivity index (χ0) is 16.1. The summed E-state index contributed by atoms with van der Waals surface area (Å²) in [5.74, 6) is 1.24. The summed E-state index contributed by atoms with van der Waals surface area (Å²) in [7, 11) is 0. The van der Waals surface area contributed by atoms with Crippen LogP contribution >= 0.6 is 0 Å². The topological polar surface area (TPSA) is 32.8 Å². The molecule has 23 heavy (non-hydrogen) atoms. The second kappa shape index (κ2) is 7.82. The second-order valence-electron chi connectivity index (χ2n) is 6.77. The molecule has 1 saturated carbocycles. The van der Waals surface area contributed by atoms with E-state index in [1.807, 2.05) is 4.90 Å². The standard InChI is InChI=1S/C19H28N2O2/c1-16(22)21-12-6-11-20(13-14-21)15-17-7-2-5-10-19(17)23-18-8-3-4-9-18/h2,5,7,10,18H,3-4,6,8-9,11-15H2,1H3. The highest BCUT2D eigenvalue weighted by Crippen LogP contribution is 2.27. The summed E-state index contributed by atoms with van der Waals surface area (Å²) in [6.45, 7) is 6.28. The van der Waals surface area contributed by atoms with Gasteiger partial charge in [-0.1, -0.05) is 18.2 Å². The first kappa shape index (κ1) is 16.3. The Morgan fingerprint density at radius 2 is 1.87 bits per heavy atom. The van der Waals surface area contributed by atoms with Crippen molar-refractivity contribution in [2.24, 2.45) is 0 Å². The summed E-state index contributed by atoms with van der Waals surface area (Å²) >= 11 is 0. The number of nitrogens with zero attached hydrogens (tertiary/aromatic N) is 2. The molecule has 1 aromatic carbocycles. The van der Waals surface area contributed by atoms with Crippen LogP contribution in [0.5, 0.6) is 5.75 Å². The Morgan fingerprint density at radius 3 is 2.65 bits per heavy atom. The summed E-state index contributed by atoms with van der Waals surface area (Å²) in [6, 6.07) is 8.44. The molecule has 1 saturated heterocycles. The molecule has 0 N–H and O–H groups in total. The van der Waals surface area contributed by atoms with Crippen molar-refractivity contribution >= 4 is 5.91 Å². The lowest BCUT2D eigenvalue weighted by atomic mass is 10.1. The zero-order valence-electron chi connectivity index (χ0n) is 14.2. The van der Waals surface area contributed by atoms with Crippen LogP contribution in [0.15, 0.2) is 24.3 Å². The molecule has 0 bridgehead atoms. The molecule has 4 nitrogen and oxygen atoms in total. The van der Waals surface area contributed by atoms with E-state index in [0.29, 0.717) is 6.10 Å². The van der Waals surface area contributed by atoms with Gasteiger partial charge in [0.25, 0.3) is 0 Å². The summed E-state index contributed by atoms with van der Waals surface area (Å²) < 4.78 is 6.25. The van der Waals surface area contributed by atoms with Gasteiger partial charge in [-0.2, -0.15) is 0 Å². The number of para-hydroxylation sites is 1. The van der Waals surface area contributed by atoms with Crippen LogP contribution in [0.1, 0.15) is 44.6 Å². The summed E-state index contributed by atoms with van der Waals surface area (Å²) in [5, 5.41) is 0. The maximum atomic E-state index is 11.6. The zero-order valence-corrected chi connectivity index (χ0v) is 14.2. The van der Waals surface area contributed by atoms with Gasteiger partial charge in [-0.25, -0.2) is 0 Å². The maximum Gasteiger partial charge on any atom is 0.219 e. The smallest absolute Gasteiger partial charge is 0.219 e. The number of benzene rings is 1. The molecular weight excluding hydrogens is 288 g/mol. The molecule has 3 rings (SSSR count). The SMILES string of the molecule is CC(=O)N1CCCN(Cc2ccccc2OC2CCCC2)CC1. The minimum Gasteiger partial charge on any atom is -0.490 e. The molecule has 0 spiro atoms. The Kier molecular flexibility index (Phi) is 5.55. The third kappa shape index (κ3) is 4.47. The Hall–Kier alpha value is -1.55. The number of carbonyl (C=O) groups excluding carboxylic acids is 1. The van der Waals surface area contributed by atoms with Gasteiger partial charge in [0.2, 0.25) is 5.91 Å². The molecule has 2 fully saturated rings. The van der Waals surface area contributed by atoms with Gasteiger partial charge in [0, 0.05) is 45.2 Å². The van der Waals surface area contributed by atoms with E-state index >= 15 is 0 Å². The maximum absolute atomic E-state index is 11.6. The Bertz CT molecular complexity index is 526. The van der Waals surface area contributed by atoms with Gasteiger partial charge in [0.1, 0.15) is 5.75 Å². The fourth-order valence-corrected chi connectivity index (χ4v) is 3.62. The van der Waals surface area contributed by atoms with Crippen LogP contribution in [-0.2, 0) is 11.3 Å². The number of amides is 1. The van der Waals surface area contributed by atoms with E-state index < -0.39 is 0 Å². The first-order valence-corrected chi connectivity index (χ1v) is 8.95. The van der Waals surface area contributed by atoms with Crippen molar-refractivity contribution in [3.8, 4) is 5.75 Å². The van der Waals surface area contributed by atoms with Gasteiger partial charge in [-0.05, 0) is 38.2 Å².